The minimum absolute atomic E-state index is 0.0473. The number of carbonyl (C=O) groups is 1. The van der Waals surface area contributed by atoms with Gasteiger partial charge in [-0.25, -0.2) is 0 Å². The van der Waals surface area contributed by atoms with Crippen LogP contribution in [0.15, 0.2) is 40.9 Å². The molecule has 3 rings (SSSR count). The summed E-state index contributed by atoms with van der Waals surface area (Å²) >= 11 is 0. The molecule has 6 heteroatoms. The van der Waals surface area contributed by atoms with Crippen molar-refractivity contribution in [2.45, 2.75) is 26.3 Å². The predicted octanol–water partition coefficient (Wildman–Crippen LogP) is 2.17. The normalized spacial score (nSPS) is 17.4. The zero-order valence-corrected chi connectivity index (χ0v) is 14.9. The second-order valence-corrected chi connectivity index (χ2v) is 6.61. The fraction of sp³-hybridized carbons (Fsp3) is 0.474. The Balaban J connectivity index is 1.42. The first kappa shape index (κ1) is 17.6. The molecule has 1 aliphatic heterocycles. The zero-order chi connectivity index (χ0) is 17.6. The molecule has 25 heavy (non-hydrogen) atoms. The summed E-state index contributed by atoms with van der Waals surface area (Å²) in [5.41, 5.74) is 2.13. The van der Waals surface area contributed by atoms with Crippen LogP contribution in [0, 0.1) is 6.92 Å². The highest BCUT2D eigenvalue weighted by molar-refractivity contribution is 5.93. The number of nitrogens with one attached hydrogen (secondary N) is 1. The van der Waals surface area contributed by atoms with Gasteiger partial charge in [0.25, 0.3) is 0 Å². The van der Waals surface area contributed by atoms with Crippen molar-refractivity contribution in [3.05, 3.63) is 47.7 Å². The van der Waals surface area contributed by atoms with Crippen LogP contribution in [-0.4, -0.2) is 59.6 Å². The molecular weight excluding hydrogens is 316 g/mol. The minimum Gasteiger partial charge on any atom is -0.338 e. The topological polar surface area (TPSA) is 61.6 Å². The van der Waals surface area contributed by atoms with Gasteiger partial charge in [-0.3, -0.25) is 15.0 Å². The summed E-state index contributed by atoms with van der Waals surface area (Å²) in [5.74, 6) is 0.365. The van der Waals surface area contributed by atoms with Gasteiger partial charge in [0.2, 0.25) is 11.8 Å². The maximum Gasteiger partial charge on any atom is 0.243 e. The van der Waals surface area contributed by atoms with Crippen molar-refractivity contribution in [3.8, 4) is 0 Å². The van der Waals surface area contributed by atoms with Crippen molar-refractivity contribution in [1.29, 1.82) is 0 Å². The Kier molecular flexibility index (Phi) is 5.83. The van der Waals surface area contributed by atoms with Crippen LogP contribution < -0.4 is 5.32 Å². The summed E-state index contributed by atoms with van der Waals surface area (Å²) in [4.78, 5) is 17.0. The summed E-state index contributed by atoms with van der Waals surface area (Å²) in [6.07, 6.45) is 1.07. The fourth-order valence-corrected chi connectivity index (χ4v) is 3.12. The van der Waals surface area contributed by atoms with Gasteiger partial charge >= 0.3 is 0 Å². The smallest absolute Gasteiger partial charge is 0.243 e. The highest BCUT2D eigenvalue weighted by Gasteiger charge is 2.26. The summed E-state index contributed by atoms with van der Waals surface area (Å²) in [6.45, 7) is 8.63. The number of carbonyl (C=O) groups excluding carboxylic acids is 1. The average molecular weight is 342 g/mol. The molecular formula is C19H26N4O2. The molecule has 0 saturated carbocycles. The monoisotopic (exact) mass is 342 g/mol. The molecule has 0 aliphatic carbocycles. The summed E-state index contributed by atoms with van der Waals surface area (Å²) in [7, 11) is 0. The molecule has 1 atom stereocenters. The number of amides is 1. The third-order valence-electron chi connectivity index (χ3n) is 4.77. The van der Waals surface area contributed by atoms with Crippen molar-refractivity contribution in [2.24, 2.45) is 0 Å². The van der Waals surface area contributed by atoms with Crippen molar-refractivity contribution in [2.75, 3.05) is 38.0 Å². The lowest BCUT2D eigenvalue weighted by Crippen LogP contribution is -2.53. The van der Waals surface area contributed by atoms with E-state index < -0.39 is 0 Å². The largest absolute Gasteiger partial charge is 0.338 e. The molecule has 1 N–H and O–H groups in total. The summed E-state index contributed by atoms with van der Waals surface area (Å²) < 4.78 is 5.05. The number of anilines is 1. The van der Waals surface area contributed by atoms with Gasteiger partial charge in [0, 0.05) is 38.8 Å². The average Bonchev–Trinajstić information content (AvgIpc) is 3.05. The lowest BCUT2D eigenvalue weighted by molar-refractivity contribution is -0.121. The van der Waals surface area contributed by atoms with Crippen molar-refractivity contribution >= 4 is 11.8 Å². The Hall–Kier alpha value is -2.18. The molecule has 0 bridgehead atoms. The van der Waals surface area contributed by atoms with E-state index in [0.717, 1.165) is 44.8 Å². The lowest BCUT2D eigenvalue weighted by Gasteiger charge is -2.37. The number of aryl methyl sites for hydroxylation is 1. The van der Waals surface area contributed by atoms with E-state index in [9.17, 15) is 4.79 Å². The van der Waals surface area contributed by atoms with Gasteiger partial charge in [-0.2, -0.15) is 0 Å². The number of aromatic nitrogens is 1. The van der Waals surface area contributed by atoms with Crippen molar-refractivity contribution < 1.29 is 9.32 Å². The molecule has 1 unspecified atom stereocenters. The third kappa shape index (κ3) is 4.90. The quantitative estimate of drug-likeness (QED) is 0.872. The van der Waals surface area contributed by atoms with Crippen LogP contribution in [0.2, 0.25) is 0 Å². The first-order valence-electron chi connectivity index (χ1n) is 8.86. The predicted molar refractivity (Wildman–Crippen MR) is 97.5 cm³/mol. The number of hydrogen-bond donors (Lipinski definition) is 1. The Morgan fingerprint density at radius 3 is 2.60 bits per heavy atom. The Labute approximate surface area is 148 Å². The molecule has 6 nitrogen and oxygen atoms in total. The fourth-order valence-electron chi connectivity index (χ4n) is 3.12. The highest BCUT2D eigenvalue weighted by Crippen LogP contribution is 2.12. The molecule has 1 aromatic heterocycles. The van der Waals surface area contributed by atoms with Crippen LogP contribution in [-0.2, 0) is 11.2 Å². The van der Waals surface area contributed by atoms with Crippen LogP contribution in [0.1, 0.15) is 18.2 Å². The summed E-state index contributed by atoms with van der Waals surface area (Å²) in [5, 5.41) is 6.58. The van der Waals surface area contributed by atoms with Gasteiger partial charge in [-0.1, -0.05) is 35.5 Å². The van der Waals surface area contributed by atoms with Crippen molar-refractivity contribution in [1.82, 2.24) is 15.0 Å². The number of rotatable bonds is 6. The van der Waals surface area contributed by atoms with E-state index in [2.05, 4.69) is 50.6 Å². The maximum absolute atomic E-state index is 12.4. The summed E-state index contributed by atoms with van der Waals surface area (Å²) in [6, 6.07) is 12.1. The van der Waals surface area contributed by atoms with Gasteiger partial charge in [0.05, 0.1) is 11.7 Å². The van der Waals surface area contributed by atoms with E-state index >= 15 is 0 Å². The number of hydrogen-bond acceptors (Lipinski definition) is 5. The number of nitrogens with zero attached hydrogens (tertiary/aromatic N) is 3. The van der Waals surface area contributed by atoms with E-state index in [1.165, 1.54) is 5.56 Å². The van der Waals surface area contributed by atoms with Crippen LogP contribution in [0.4, 0.5) is 5.88 Å². The van der Waals surface area contributed by atoms with Gasteiger partial charge < -0.3 is 9.42 Å². The Morgan fingerprint density at radius 2 is 1.96 bits per heavy atom. The molecule has 1 aromatic carbocycles. The first-order valence-corrected chi connectivity index (χ1v) is 8.86. The standard InChI is InChI=1S/C19H26N4O2/c1-15-14-18(25-21-15)20-19(24)16(2)23-12-10-22(11-13-23)9-8-17-6-4-3-5-7-17/h3-7,14,16H,8-13H2,1-2H3,(H,20,24). The second-order valence-electron chi connectivity index (χ2n) is 6.61. The Morgan fingerprint density at radius 1 is 1.24 bits per heavy atom. The van der Waals surface area contributed by atoms with Crippen LogP contribution >= 0.6 is 0 Å². The SMILES string of the molecule is Cc1cc(NC(=O)C(C)N2CCN(CCc3ccccc3)CC2)on1. The lowest BCUT2D eigenvalue weighted by atomic mass is 10.1. The van der Waals surface area contributed by atoms with Crippen molar-refractivity contribution in [3.63, 3.8) is 0 Å². The van der Waals surface area contributed by atoms with Gasteiger partial charge in [-0.05, 0) is 25.8 Å². The van der Waals surface area contributed by atoms with Gasteiger partial charge in [0.15, 0.2) is 0 Å². The molecule has 1 aliphatic rings. The third-order valence-corrected chi connectivity index (χ3v) is 4.77. The molecule has 1 fully saturated rings. The molecule has 134 valence electrons. The molecule has 1 amide bonds. The second kappa shape index (κ2) is 8.27. The highest BCUT2D eigenvalue weighted by atomic mass is 16.5. The van der Waals surface area contributed by atoms with Gasteiger partial charge in [-0.15, -0.1) is 0 Å². The Bertz CT molecular complexity index is 678. The van der Waals surface area contributed by atoms with E-state index in [-0.39, 0.29) is 11.9 Å². The van der Waals surface area contributed by atoms with Crippen LogP contribution in [0.5, 0.6) is 0 Å². The first-order chi connectivity index (χ1) is 12.1. The van der Waals surface area contributed by atoms with E-state index in [4.69, 9.17) is 4.52 Å². The number of piperazine rings is 1. The van der Waals surface area contributed by atoms with Crippen LogP contribution in [0.25, 0.3) is 0 Å². The maximum atomic E-state index is 12.4. The molecule has 0 radical (unpaired) electrons. The van der Waals surface area contributed by atoms with E-state index in [0.29, 0.717) is 5.88 Å². The van der Waals surface area contributed by atoms with Gasteiger partial charge in [0.1, 0.15) is 0 Å². The number of benzene rings is 1. The molecule has 2 heterocycles. The molecule has 0 spiro atoms. The molecule has 1 saturated heterocycles. The minimum atomic E-state index is -0.179. The van der Waals surface area contributed by atoms with E-state index in [1.807, 2.05) is 13.8 Å². The van der Waals surface area contributed by atoms with E-state index in [1.54, 1.807) is 6.07 Å². The van der Waals surface area contributed by atoms with Crippen LogP contribution in [0.3, 0.4) is 0 Å². The molecule has 2 aromatic rings. The zero-order valence-electron chi connectivity index (χ0n) is 14.9.